The van der Waals surface area contributed by atoms with E-state index in [1.807, 2.05) is 30.3 Å². The van der Waals surface area contributed by atoms with Gasteiger partial charge in [0, 0.05) is 6.42 Å². The Balaban J connectivity index is 2.90. The molecule has 1 aromatic rings. The molecule has 1 rings (SSSR count). The zero-order chi connectivity index (χ0) is 11.5. The fraction of sp³-hybridized carbons (Fsp3) is 0.417. The van der Waals surface area contributed by atoms with E-state index >= 15 is 0 Å². The minimum Gasteiger partial charge on any atom is -0.480 e. The monoisotopic (exact) mass is 207 g/mol. The van der Waals surface area contributed by atoms with Crippen LogP contribution in [0.5, 0.6) is 0 Å². The molecule has 15 heavy (non-hydrogen) atoms. The van der Waals surface area contributed by atoms with E-state index in [0.717, 1.165) is 5.56 Å². The molecule has 1 atom stereocenters. The Kier molecular flexibility index (Phi) is 3.48. The first-order valence-corrected chi connectivity index (χ1v) is 4.91. The van der Waals surface area contributed by atoms with Gasteiger partial charge in [-0.05, 0) is 26.6 Å². The van der Waals surface area contributed by atoms with Gasteiger partial charge in [0.1, 0.15) is 5.54 Å². The van der Waals surface area contributed by atoms with Crippen molar-refractivity contribution in [1.29, 1.82) is 0 Å². The fourth-order valence-electron chi connectivity index (χ4n) is 1.42. The van der Waals surface area contributed by atoms with Crippen LogP contribution in [0.2, 0.25) is 0 Å². The van der Waals surface area contributed by atoms with Gasteiger partial charge in [-0.25, -0.2) is 0 Å². The first-order chi connectivity index (χ1) is 6.97. The molecule has 0 saturated heterocycles. The molecule has 0 bridgehead atoms. The summed E-state index contributed by atoms with van der Waals surface area (Å²) < 4.78 is 0. The van der Waals surface area contributed by atoms with Crippen molar-refractivity contribution >= 4 is 5.97 Å². The molecule has 0 saturated carbocycles. The molecule has 0 spiro atoms. The molecule has 0 aromatic heterocycles. The van der Waals surface area contributed by atoms with Crippen molar-refractivity contribution in [3.8, 4) is 0 Å². The van der Waals surface area contributed by atoms with Crippen LogP contribution in [0.15, 0.2) is 30.3 Å². The first kappa shape index (κ1) is 11.7. The van der Waals surface area contributed by atoms with Crippen molar-refractivity contribution in [1.82, 2.24) is 4.90 Å². The fourth-order valence-corrected chi connectivity index (χ4v) is 1.42. The van der Waals surface area contributed by atoms with E-state index < -0.39 is 11.5 Å². The number of likely N-dealkylation sites (N-methyl/N-ethyl adjacent to an activating group) is 1. The Hall–Kier alpha value is -1.35. The average Bonchev–Trinajstić information content (AvgIpc) is 2.18. The highest BCUT2D eigenvalue weighted by Crippen LogP contribution is 2.18. The summed E-state index contributed by atoms with van der Waals surface area (Å²) in [6.45, 7) is 1.74. The van der Waals surface area contributed by atoms with Gasteiger partial charge in [-0.1, -0.05) is 30.3 Å². The normalized spacial score (nSPS) is 14.9. The van der Waals surface area contributed by atoms with E-state index in [0.29, 0.717) is 6.42 Å². The summed E-state index contributed by atoms with van der Waals surface area (Å²) in [5.74, 6) is -0.795. The van der Waals surface area contributed by atoms with Gasteiger partial charge in [0.25, 0.3) is 0 Å². The van der Waals surface area contributed by atoms with Gasteiger partial charge in [-0.2, -0.15) is 0 Å². The number of rotatable bonds is 4. The predicted molar refractivity (Wildman–Crippen MR) is 59.9 cm³/mol. The van der Waals surface area contributed by atoms with E-state index in [1.165, 1.54) is 0 Å². The summed E-state index contributed by atoms with van der Waals surface area (Å²) >= 11 is 0. The van der Waals surface area contributed by atoms with Crippen LogP contribution in [0, 0.1) is 0 Å². The number of nitrogens with zero attached hydrogens (tertiary/aromatic N) is 1. The number of carbonyl (C=O) groups is 1. The number of carboxylic acids is 1. The van der Waals surface area contributed by atoms with Gasteiger partial charge in [0.2, 0.25) is 0 Å². The molecule has 3 nitrogen and oxygen atoms in total. The molecule has 0 amide bonds. The molecular weight excluding hydrogens is 190 g/mol. The lowest BCUT2D eigenvalue weighted by atomic mass is 9.92. The molecule has 0 aliphatic carbocycles. The van der Waals surface area contributed by atoms with E-state index in [4.69, 9.17) is 0 Å². The van der Waals surface area contributed by atoms with Crippen LogP contribution >= 0.6 is 0 Å². The lowest BCUT2D eigenvalue weighted by Crippen LogP contribution is -2.50. The molecule has 0 unspecified atom stereocenters. The zero-order valence-electron chi connectivity index (χ0n) is 9.40. The minimum atomic E-state index is -0.846. The van der Waals surface area contributed by atoms with Gasteiger partial charge < -0.3 is 5.11 Å². The lowest BCUT2D eigenvalue weighted by Gasteiger charge is -2.32. The lowest BCUT2D eigenvalue weighted by molar-refractivity contribution is -0.148. The largest absolute Gasteiger partial charge is 0.480 e. The molecule has 82 valence electrons. The molecule has 1 aromatic carbocycles. The Bertz CT molecular complexity index is 335. The Labute approximate surface area is 90.3 Å². The molecule has 0 heterocycles. The van der Waals surface area contributed by atoms with E-state index in [9.17, 15) is 9.90 Å². The van der Waals surface area contributed by atoms with Gasteiger partial charge in [-0.15, -0.1) is 0 Å². The van der Waals surface area contributed by atoms with Crippen molar-refractivity contribution in [2.24, 2.45) is 0 Å². The third-order valence-electron chi connectivity index (χ3n) is 2.84. The molecule has 0 aliphatic rings. The summed E-state index contributed by atoms with van der Waals surface area (Å²) in [5.41, 5.74) is 0.192. The highest BCUT2D eigenvalue weighted by molar-refractivity contribution is 5.78. The van der Waals surface area contributed by atoms with Crippen LogP contribution in [-0.2, 0) is 11.2 Å². The van der Waals surface area contributed by atoms with Crippen LogP contribution < -0.4 is 0 Å². The second-order valence-electron chi connectivity index (χ2n) is 4.14. The predicted octanol–water partition coefficient (Wildman–Crippen LogP) is 1.63. The second kappa shape index (κ2) is 4.45. The summed E-state index contributed by atoms with van der Waals surface area (Å²) in [5, 5.41) is 9.22. The maximum absolute atomic E-state index is 11.2. The average molecular weight is 207 g/mol. The molecule has 3 heteroatoms. The minimum absolute atomic E-state index is 0.510. The smallest absolute Gasteiger partial charge is 0.324 e. The van der Waals surface area contributed by atoms with Crippen LogP contribution in [0.1, 0.15) is 12.5 Å². The molecule has 0 aliphatic heterocycles. The van der Waals surface area contributed by atoms with Crippen LogP contribution in [0.4, 0.5) is 0 Å². The van der Waals surface area contributed by atoms with Gasteiger partial charge in [-0.3, -0.25) is 9.69 Å². The van der Waals surface area contributed by atoms with Crippen molar-refractivity contribution < 1.29 is 9.90 Å². The summed E-state index contributed by atoms with van der Waals surface area (Å²) in [7, 11) is 3.58. The first-order valence-electron chi connectivity index (χ1n) is 4.91. The maximum atomic E-state index is 11.2. The standard InChI is InChI=1S/C12H17NO2/c1-12(11(14)15,13(2)3)9-10-7-5-4-6-8-10/h4-8H,9H2,1-3H3,(H,14,15)/t12-/m1/s1. The zero-order valence-corrected chi connectivity index (χ0v) is 9.40. The third-order valence-corrected chi connectivity index (χ3v) is 2.84. The van der Waals surface area contributed by atoms with Gasteiger partial charge in [0.15, 0.2) is 0 Å². The summed E-state index contributed by atoms with van der Waals surface area (Å²) in [4.78, 5) is 13.0. The quantitative estimate of drug-likeness (QED) is 0.815. The Morgan fingerprint density at radius 1 is 1.33 bits per heavy atom. The van der Waals surface area contributed by atoms with Gasteiger partial charge in [0.05, 0.1) is 0 Å². The molecule has 0 radical (unpaired) electrons. The maximum Gasteiger partial charge on any atom is 0.324 e. The molecule has 1 N–H and O–H groups in total. The van der Waals surface area contributed by atoms with E-state index in [2.05, 4.69) is 0 Å². The topological polar surface area (TPSA) is 40.5 Å². The number of hydrogen-bond acceptors (Lipinski definition) is 2. The number of carboxylic acid groups (broad SMARTS) is 1. The van der Waals surface area contributed by atoms with E-state index in [1.54, 1.807) is 25.9 Å². The third kappa shape index (κ3) is 2.57. The second-order valence-corrected chi connectivity index (χ2v) is 4.14. The summed E-state index contributed by atoms with van der Waals surface area (Å²) in [6.07, 6.45) is 0.510. The van der Waals surface area contributed by atoms with Crippen molar-refractivity contribution in [3.05, 3.63) is 35.9 Å². The van der Waals surface area contributed by atoms with Crippen LogP contribution in [-0.4, -0.2) is 35.6 Å². The molecular formula is C12H17NO2. The van der Waals surface area contributed by atoms with Crippen molar-refractivity contribution in [3.63, 3.8) is 0 Å². The molecule has 0 fully saturated rings. The highest BCUT2D eigenvalue weighted by Gasteiger charge is 2.35. The van der Waals surface area contributed by atoms with Crippen molar-refractivity contribution in [2.45, 2.75) is 18.9 Å². The Morgan fingerprint density at radius 3 is 2.27 bits per heavy atom. The Morgan fingerprint density at radius 2 is 1.87 bits per heavy atom. The number of hydrogen-bond donors (Lipinski definition) is 1. The number of aliphatic carboxylic acids is 1. The highest BCUT2D eigenvalue weighted by atomic mass is 16.4. The SMILES string of the molecule is CN(C)[C@](C)(Cc1ccccc1)C(=O)O. The van der Waals surface area contributed by atoms with Crippen LogP contribution in [0.3, 0.4) is 0 Å². The van der Waals surface area contributed by atoms with E-state index in [-0.39, 0.29) is 0 Å². The van der Waals surface area contributed by atoms with Gasteiger partial charge >= 0.3 is 5.97 Å². The van der Waals surface area contributed by atoms with Crippen LogP contribution in [0.25, 0.3) is 0 Å². The number of benzene rings is 1. The van der Waals surface area contributed by atoms with Crippen molar-refractivity contribution in [2.75, 3.05) is 14.1 Å². The summed E-state index contributed by atoms with van der Waals surface area (Å²) in [6, 6.07) is 9.67.